The number of nitrogens with one attached hydrogen (secondary N) is 1. The average molecular weight is 354 g/mol. The minimum Gasteiger partial charge on any atom is -0.491 e. The molecule has 0 saturated carbocycles. The lowest BCUT2D eigenvalue weighted by Crippen LogP contribution is -2.55. The molecule has 1 aromatic carbocycles. The van der Waals surface area contributed by atoms with Crippen LogP contribution in [0.5, 0.6) is 5.75 Å². The molecule has 132 valence electrons. The van der Waals surface area contributed by atoms with Crippen LogP contribution in [0.2, 0.25) is 0 Å². The highest BCUT2D eigenvalue weighted by atomic mass is 32.1. The van der Waals surface area contributed by atoms with Gasteiger partial charge >= 0.3 is 0 Å². The summed E-state index contributed by atoms with van der Waals surface area (Å²) in [4.78, 5) is 26.1. The Labute approximate surface area is 147 Å². The Hall–Kier alpha value is -1.77. The third-order valence-corrected chi connectivity index (χ3v) is 4.40. The van der Waals surface area contributed by atoms with Crippen molar-refractivity contribution < 1.29 is 24.3 Å². The van der Waals surface area contributed by atoms with Crippen molar-refractivity contribution in [3.63, 3.8) is 0 Å². The summed E-state index contributed by atoms with van der Waals surface area (Å²) in [5.74, 6) is 0.0221. The van der Waals surface area contributed by atoms with Crippen LogP contribution in [-0.4, -0.2) is 47.8 Å². The van der Waals surface area contributed by atoms with Crippen molar-refractivity contribution in [2.24, 2.45) is 5.41 Å². The zero-order valence-corrected chi connectivity index (χ0v) is 14.7. The molecule has 2 N–H and O–H groups in total. The molecular formula is C16H22N2O5S. The van der Waals surface area contributed by atoms with Gasteiger partial charge < -0.3 is 14.4 Å². The van der Waals surface area contributed by atoms with Crippen LogP contribution >= 0.6 is 13.5 Å². The maximum Gasteiger partial charge on any atom is 0.274 e. The fourth-order valence-electron chi connectivity index (χ4n) is 2.82. The standard InChI is InChI=1S/C16H20N2O5.H2S/c1-10-7-23-13-5-11(14(19)17-21)3-4-12(13)6-18(10)15(20)16(2)8-22-9-16;/h3-5,10,21H,6-9H2,1-2H3,(H,17,19);1H2/t10-;/m0./s1. The number of carbonyl (C=O) groups excluding carboxylic acids is 2. The SMILES string of the molecule is C[C@H]1COc2cc(C(=O)NO)ccc2CN1C(=O)C1(C)COC1.S. The molecular weight excluding hydrogens is 332 g/mol. The number of hydroxylamine groups is 1. The van der Waals surface area contributed by atoms with Crippen LogP contribution in [0.25, 0.3) is 0 Å². The van der Waals surface area contributed by atoms with Crippen molar-refractivity contribution >= 4 is 25.3 Å². The number of hydrogen-bond donors (Lipinski definition) is 2. The number of amides is 2. The van der Waals surface area contributed by atoms with E-state index in [1.54, 1.807) is 28.6 Å². The van der Waals surface area contributed by atoms with Crippen LogP contribution < -0.4 is 10.2 Å². The highest BCUT2D eigenvalue weighted by molar-refractivity contribution is 7.59. The molecule has 2 aliphatic heterocycles. The van der Waals surface area contributed by atoms with Gasteiger partial charge in [-0.3, -0.25) is 14.8 Å². The molecule has 0 aliphatic carbocycles. The smallest absolute Gasteiger partial charge is 0.274 e. The van der Waals surface area contributed by atoms with Crippen molar-refractivity contribution in [2.45, 2.75) is 26.4 Å². The second kappa shape index (κ2) is 7.00. The van der Waals surface area contributed by atoms with E-state index in [1.807, 2.05) is 13.8 Å². The molecule has 1 aromatic rings. The van der Waals surface area contributed by atoms with Gasteiger partial charge in [0.2, 0.25) is 5.91 Å². The summed E-state index contributed by atoms with van der Waals surface area (Å²) < 4.78 is 10.9. The molecule has 7 nitrogen and oxygen atoms in total. The highest BCUT2D eigenvalue weighted by Crippen LogP contribution is 2.33. The van der Waals surface area contributed by atoms with Crippen molar-refractivity contribution in [2.75, 3.05) is 19.8 Å². The van der Waals surface area contributed by atoms with Gasteiger partial charge in [0.15, 0.2) is 0 Å². The lowest BCUT2D eigenvalue weighted by molar-refractivity contribution is -0.171. The van der Waals surface area contributed by atoms with Crippen LogP contribution in [0.4, 0.5) is 0 Å². The zero-order valence-electron chi connectivity index (χ0n) is 13.7. The van der Waals surface area contributed by atoms with Crippen molar-refractivity contribution in [1.29, 1.82) is 0 Å². The largest absolute Gasteiger partial charge is 0.491 e. The topological polar surface area (TPSA) is 88.1 Å². The summed E-state index contributed by atoms with van der Waals surface area (Å²) >= 11 is 0. The van der Waals surface area contributed by atoms with Gasteiger partial charge in [-0.25, -0.2) is 5.48 Å². The fraction of sp³-hybridized carbons (Fsp3) is 0.500. The Morgan fingerprint density at radius 3 is 2.67 bits per heavy atom. The number of hydrogen-bond acceptors (Lipinski definition) is 5. The van der Waals surface area contributed by atoms with E-state index in [0.717, 1.165) is 5.56 Å². The second-order valence-electron chi connectivity index (χ2n) is 6.41. The van der Waals surface area contributed by atoms with Gasteiger partial charge in [0.25, 0.3) is 5.91 Å². The lowest BCUT2D eigenvalue weighted by atomic mass is 9.86. The maximum atomic E-state index is 12.8. The molecule has 1 atom stereocenters. The monoisotopic (exact) mass is 354 g/mol. The molecule has 1 fully saturated rings. The summed E-state index contributed by atoms with van der Waals surface area (Å²) in [6.07, 6.45) is 0. The molecule has 24 heavy (non-hydrogen) atoms. The van der Waals surface area contributed by atoms with Crippen molar-refractivity contribution in [3.05, 3.63) is 29.3 Å². The van der Waals surface area contributed by atoms with Gasteiger partial charge in [0, 0.05) is 17.7 Å². The van der Waals surface area contributed by atoms with Crippen molar-refractivity contribution in [3.8, 4) is 5.75 Å². The molecule has 0 unspecified atom stereocenters. The number of nitrogens with zero attached hydrogens (tertiary/aromatic N) is 1. The van der Waals surface area contributed by atoms with E-state index in [2.05, 4.69) is 0 Å². The first-order chi connectivity index (χ1) is 10.9. The summed E-state index contributed by atoms with van der Waals surface area (Å²) in [5.41, 5.74) is 2.28. The first kappa shape index (κ1) is 18.6. The highest BCUT2D eigenvalue weighted by Gasteiger charge is 2.45. The quantitative estimate of drug-likeness (QED) is 0.613. The average Bonchev–Trinajstić information content (AvgIpc) is 2.70. The maximum absolute atomic E-state index is 12.8. The van der Waals surface area contributed by atoms with Crippen LogP contribution in [0.15, 0.2) is 18.2 Å². The van der Waals surface area contributed by atoms with Crippen LogP contribution in [0, 0.1) is 5.41 Å². The van der Waals surface area contributed by atoms with E-state index in [1.165, 1.54) is 0 Å². The minimum atomic E-state index is -0.597. The molecule has 2 aliphatic rings. The lowest BCUT2D eigenvalue weighted by Gasteiger charge is -2.41. The minimum absolute atomic E-state index is 0. The Morgan fingerprint density at radius 2 is 2.08 bits per heavy atom. The van der Waals surface area contributed by atoms with Gasteiger partial charge in [-0.15, -0.1) is 0 Å². The predicted octanol–water partition coefficient (Wildman–Crippen LogP) is 1.06. The predicted molar refractivity (Wildman–Crippen MR) is 90.5 cm³/mol. The zero-order chi connectivity index (χ0) is 16.6. The molecule has 1 saturated heterocycles. The number of benzene rings is 1. The van der Waals surface area contributed by atoms with E-state index in [4.69, 9.17) is 14.7 Å². The Kier molecular flexibility index (Phi) is 5.42. The first-order valence-corrected chi connectivity index (χ1v) is 7.53. The van der Waals surface area contributed by atoms with Crippen LogP contribution in [0.1, 0.15) is 29.8 Å². The van der Waals surface area contributed by atoms with E-state index in [9.17, 15) is 9.59 Å². The third kappa shape index (κ3) is 3.22. The van der Waals surface area contributed by atoms with E-state index < -0.39 is 11.3 Å². The van der Waals surface area contributed by atoms with E-state index in [-0.39, 0.29) is 25.4 Å². The molecule has 3 rings (SSSR count). The summed E-state index contributed by atoms with van der Waals surface area (Å²) in [6, 6.07) is 4.84. The van der Waals surface area contributed by atoms with Gasteiger partial charge in [0.05, 0.1) is 24.7 Å². The summed E-state index contributed by atoms with van der Waals surface area (Å²) in [5, 5.41) is 8.72. The molecule has 8 heteroatoms. The van der Waals surface area contributed by atoms with Crippen LogP contribution in [-0.2, 0) is 16.1 Å². The Balaban J connectivity index is 0.00000208. The number of rotatable bonds is 2. The summed E-state index contributed by atoms with van der Waals surface area (Å²) in [6.45, 7) is 5.50. The molecule has 0 radical (unpaired) electrons. The second-order valence-corrected chi connectivity index (χ2v) is 6.41. The van der Waals surface area contributed by atoms with Crippen molar-refractivity contribution in [1.82, 2.24) is 10.4 Å². The number of ether oxygens (including phenoxy) is 2. The number of fused-ring (bicyclic) bond motifs is 1. The Bertz CT molecular complexity index is 647. The van der Waals surface area contributed by atoms with Gasteiger partial charge in [-0.1, -0.05) is 6.07 Å². The molecule has 0 bridgehead atoms. The summed E-state index contributed by atoms with van der Waals surface area (Å²) in [7, 11) is 0. The van der Waals surface area contributed by atoms with Gasteiger partial charge in [-0.05, 0) is 26.0 Å². The molecule has 0 spiro atoms. The normalized spacial score (nSPS) is 21.3. The molecule has 2 amide bonds. The van der Waals surface area contributed by atoms with E-state index in [0.29, 0.717) is 37.7 Å². The molecule has 0 aromatic heterocycles. The number of carbonyl (C=O) groups is 2. The first-order valence-electron chi connectivity index (χ1n) is 7.53. The fourth-order valence-corrected chi connectivity index (χ4v) is 2.82. The molecule has 2 heterocycles. The third-order valence-electron chi connectivity index (χ3n) is 4.40. The van der Waals surface area contributed by atoms with E-state index >= 15 is 0 Å². The van der Waals surface area contributed by atoms with Gasteiger partial charge in [0.1, 0.15) is 12.4 Å². The Morgan fingerprint density at radius 1 is 1.38 bits per heavy atom. The van der Waals surface area contributed by atoms with Gasteiger partial charge in [-0.2, -0.15) is 13.5 Å². The van der Waals surface area contributed by atoms with Crippen LogP contribution in [0.3, 0.4) is 0 Å².